The van der Waals surface area contributed by atoms with Crippen LogP contribution in [0.2, 0.25) is 0 Å². The van der Waals surface area contributed by atoms with Gasteiger partial charge in [0.1, 0.15) is 11.6 Å². The zero-order chi connectivity index (χ0) is 23.2. The summed E-state index contributed by atoms with van der Waals surface area (Å²) in [6.07, 6.45) is 2.01. The number of benzene rings is 1. The number of nitrogens with one attached hydrogen (secondary N) is 3. The Morgan fingerprint density at radius 3 is 2.52 bits per heavy atom. The second kappa shape index (κ2) is 10.5. The molecule has 0 aromatic heterocycles. The molecule has 0 bridgehead atoms. The van der Waals surface area contributed by atoms with E-state index < -0.39 is 29.7 Å². The molecule has 0 unspecified atom stereocenters. The van der Waals surface area contributed by atoms with Crippen LogP contribution in [0.4, 0.5) is 9.59 Å². The first-order valence-electron chi connectivity index (χ1n) is 10.7. The summed E-state index contributed by atoms with van der Waals surface area (Å²) in [5.74, 6) is -0.0775. The summed E-state index contributed by atoms with van der Waals surface area (Å²) in [5.41, 5.74) is 3.00. The molecule has 2 atom stereocenters. The van der Waals surface area contributed by atoms with E-state index in [1.165, 1.54) is 18.2 Å². The van der Waals surface area contributed by atoms with E-state index in [0.717, 1.165) is 24.8 Å². The molecule has 0 aliphatic heterocycles. The summed E-state index contributed by atoms with van der Waals surface area (Å²) in [4.78, 5) is 36.4. The summed E-state index contributed by atoms with van der Waals surface area (Å²) in [7, 11) is 1.22. The second-order valence-corrected chi connectivity index (χ2v) is 9.30. The lowest BCUT2D eigenvalue weighted by atomic mass is 9.98. The molecule has 0 fully saturated rings. The van der Waals surface area contributed by atoms with Crippen LogP contribution < -0.4 is 16.0 Å². The van der Waals surface area contributed by atoms with Gasteiger partial charge in [0.25, 0.3) is 0 Å². The fourth-order valence-electron chi connectivity index (χ4n) is 3.61. The van der Waals surface area contributed by atoms with Gasteiger partial charge in [-0.3, -0.25) is 0 Å². The number of hydrogen-bond acceptors (Lipinski definition) is 5. The van der Waals surface area contributed by atoms with Gasteiger partial charge in [0.05, 0.1) is 19.7 Å². The van der Waals surface area contributed by atoms with E-state index in [-0.39, 0.29) is 12.6 Å². The van der Waals surface area contributed by atoms with Crippen LogP contribution in [0, 0.1) is 5.92 Å². The van der Waals surface area contributed by atoms with Gasteiger partial charge >= 0.3 is 18.1 Å². The number of esters is 1. The maximum absolute atomic E-state index is 12.4. The van der Waals surface area contributed by atoms with Crippen molar-refractivity contribution in [3.8, 4) is 0 Å². The van der Waals surface area contributed by atoms with Crippen LogP contribution >= 0.6 is 0 Å². The minimum atomic E-state index is -1.06. The molecule has 0 radical (unpaired) electrons. The number of alkyl carbamates (subject to hydrolysis) is 1. The maximum Gasteiger partial charge on any atom is 0.408 e. The Balaban J connectivity index is 1.91. The highest BCUT2D eigenvalue weighted by Crippen LogP contribution is 2.32. The lowest BCUT2D eigenvalue weighted by Crippen LogP contribution is -2.51. The smallest absolute Gasteiger partial charge is 0.408 e. The monoisotopic (exact) mass is 433 g/mol. The summed E-state index contributed by atoms with van der Waals surface area (Å²) >= 11 is 0. The van der Waals surface area contributed by atoms with Crippen LogP contribution in [0.5, 0.6) is 0 Å². The molecule has 31 heavy (non-hydrogen) atoms. The van der Waals surface area contributed by atoms with Gasteiger partial charge in [0, 0.05) is 0 Å². The summed E-state index contributed by atoms with van der Waals surface area (Å²) in [6.45, 7) is 9.43. The molecule has 0 saturated heterocycles. The molecule has 8 nitrogen and oxygen atoms in total. The summed E-state index contributed by atoms with van der Waals surface area (Å²) in [6, 6.07) is 4.89. The topological polar surface area (TPSA) is 106 Å². The van der Waals surface area contributed by atoms with Crippen molar-refractivity contribution >= 4 is 18.1 Å². The lowest BCUT2D eigenvalue weighted by molar-refractivity contribution is -0.142. The third kappa shape index (κ3) is 7.77. The Bertz CT molecular complexity index is 801. The van der Waals surface area contributed by atoms with Crippen LogP contribution in [0.1, 0.15) is 63.8 Å². The van der Waals surface area contributed by atoms with Crippen LogP contribution in [0.25, 0.3) is 0 Å². The van der Waals surface area contributed by atoms with Crippen LogP contribution in [-0.2, 0) is 27.1 Å². The number of amides is 3. The standard InChI is InChI=1S/C23H35N3O5/c1-14(2)11-15-7-9-17-16(12-15)8-10-18(17)25-21(28)24-13-19(20(27)30-6)26-22(29)31-23(3,4)5/h7,9,12,14,18-19H,8,10-11,13H2,1-6H3,(H,26,29)(H2,24,25,28)/t18-,19-/m0/s1. The largest absolute Gasteiger partial charge is 0.467 e. The van der Waals surface area contributed by atoms with Gasteiger partial charge in [-0.2, -0.15) is 0 Å². The molecule has 8 heteroatoms. The molecule has 3 N–H and O–H groups in total. The van der Waals surface area contributed by atoms with E-state index >= 15 is 0 Å². The predicted octanol–water partition coefficient (Wildman–Crippen LogP) is 3.24. The van der Waals surface area contributed by atoms with E-state index in [2.05, 4.69) is 48.0 Å². The minimum Gasteiger partial charge on any atom is -0.467 e. The molecule has 1 aromatic carbocycles. The number of aryl methyl sites for hydroxylation is 1. The molecule has 0 saturated carbocycles. The van der Waals surface area contributed by atoms with E-state index in [1.54, 1.807) is 20.8 Å². The Morgan fingerprint density at radius 2 is 1.90 bits per heavy atom. The van der Waals surface area contributed by atoms with Crippen molar-refractivity contribution in [1.82, 2.24) is 16.0 Å². The molecule has 2 rings (SSSR count). The third-order valence-electron chi connectivity index (χ3n) is 4.88. The highest BCUT2D eigenvalue weighted by Gasteiger charge is 2.27. The highest BCUT2D eigenvalue weighted by atomic mass is 16.6. The second-order valence-electron chi connectivity index (χ2n) is 9.30. The predicted molar refractivity (Wildman–Crippen MR) is 118 cm³/mol. The molecule has 1 aliphatic rings. The third-order valence-corrected chi connectivity index (χ3v) is 4.88. The van der Waals surface area contributed by atoms with Crippen molar-refractivity contribution in [2.45, 2.75) is 71.6 Å². The summed E-state index contributed by atoms with van der Waals surface area (Å²) in [5, 5.41) is 8.03. The molecular weight excluding hydrogens is 398 g/mol. The van der Waals surface area contributed by atoms with Crippen LogP contribution in [0.3, 0.4) is 0 Å². The highest BCUT2D eigenvalue weighted by molar-refractivity contribution is 5.83. The van der Waals surface area contributed by atoms with Crippen molar-refractivity contribution in [2.24, 2.45) is 5.92 Å². The van der Waals surface area contributed by atoms with Crippen molar-refractivity contribution in [2.75, 3.05) is 13.7 Å². The molecule has 172 valence electrons. The van der Waals surface area contributed by atoms with Crippen molar-refractivity contribution in [3.05, 3.63) is 34.9 Å². The first-order chi connectivity index (χ1) is 14.5. The number of carbonyl (C=O) groups is 3. The van der Waals surface area contributed by atoms with E-state index in [9.17, 15) is 14.4 Å². The number of carbonyl (C=O) groups excluding carboxylic acids is 3. The first-order valence-corrected chi connectivity index (χ1v) is 10.7. The average molecular weight is 434 g/mol. The Morgan fingerprint density at radius 1 is 1.19 bits per heavy atom. The molecule has 0 heterocycles. The average Bonchev–Trinajstić information content (AvgIpc) is 3.04. The van der Waals surface area contributed by atoms with Gasteiger partial charge in [-0.25, -0.2) is 14.4 Å². The minimum absolute atomic E-state index is 0.0847. The SMILES string of the molecule is COC(=O)[C@H](CNC(=O)N[C@H]1CCc2cc(CC(C)C)ccc21)NC(=O)OC(C)(C)C. The van der Waals surface area contributed by atoms with Gasteiger partial charge in [-0.05, 0) is 62.6 Å². The Hall–Kier alpha value is -2.77. The summed E-state index contributed by atoms with van der Waals surface area (Å²) < 4.78 is 9.88. The Kier molecular flexibility index (Phi) is 8.30. The van der Waals surface area contributed by atoms with Crippen molar-refractivity contribution in [3.63, 3.8) is 0 Å². The first kappa shape index (κ1) is 24.5. The molecule has 1 aliphatic carbocycles. The lowest BCUT2D eigenvalue weighted by Gasteiger charge is -2.23. The van der Waals surface area contributed by atoms with E-state index in [1.807, 2.05) is 0 Å². The number of ether oxygens (including phenoxy) is 2. The maximum atomic E-state index is 12.4. The number of fused-ring (bicyclic) bond motifs is 1. The van der Waals surface area contributed by atoms with Crippen molar-refractivity contribution in [1.29, 1.82) is 0 Å². The molecular formula is C23H35N3O5. The van der Waals surface area contributed by atoms with Crippen molar-refractivity contribution < 1.29 is 23.9 Å². The zero-order valence-electron chi connectivity index (χ0n) is 19.3. The molecule has 0 spiro atoms. The van der Waals surface area contributed by atoms with Crippen LogP contribution in [0.15, 0.2) is 18.2 Å². The zero-order valence-corrected chi connectivity index (χ0v) is 19.3. The fourth-order valence-corrected chi connectivity index (χ4v) is 3.61. The van der Waals surface area contributed by atoms with E-state index in [4.69, 9.17) is 9.47 Å². The number of hydrogen-bond donors (Lipinski definition) is 3. The molecule has 3 amide bonds. The van der Waals surface area contributed by atoms with Gasteiger partial charge in [-0.15, -0.1) is 0 Å². The fraction of sp³-hybridized carbons (Fsp3) is 0.609. The number of rotatable bonds is 7. The van der Waals surface area contributed by atoms with Gasteiger partial charge in [-0.1, -0.05) is 32.0 Å². The van der Waals surface area contributed by atoms with Gasteiger partial charge < -0.3 is 25.4 Å². The number of urea groups is 1. The van der Waals surface area contributed by atoms with Crippen LogP contribution in [-0.4, -0.2) is 43.4 Å². The molecule has 1 aromatic rings. The number of methoxy groups -OCH3 is 1. The normalized spacial score (nSPS) is 16.3. The van der Waals surface area contributed by atoms with Gasteiger partial charge in [0.15, 0.2) is 0 Å². The quantitative estimate of drug-likeness (QED) is 0.573. The van der Waals surface area contributed by atoms with E-state index in [0.29, 0.717) is 5.92 Å². The Labute approximate surface area is 184 Å². The van der Waals surface area contributed by atoms with Gasteiger partial charge in [0.2, 0.25) is 0 Å².